The summed E-state index contributed by atoms with van der Waals surface area (Å²) in [6.07, 6.45) is 0.762. The number of carbonyl (C=O) groups is 1. The topological polar surface area (TPSA) is 41.1 Å². The third-order valence-corrected chi connectivity index (χ3v) is 2.79. The van der Waals surface area contributed by atoms with Crippen molar-refractivity contribution in [3.05, 3.63) is 71.8 Å². The van der Waals surface area contributed by atoms with Crippen LogP contribution in [0.2, 0.25) is 1.41 Å². The largest absolute Gasteiger partial charge is 0.287 e. The van der Waals surface area contributed by atoms with Crippen molar-refractivity contribution in [1.29, 1.82) is 0 Å². The molecule has 2 aromatic rings. The molecule has 3 heteroatoms. The zero-order valence-electron chi connectivity index (χ0n) is 11.9. The first-order chi connectivity index (χ1) is 9.66. The molecule has 0 saturated carbocycles. The van der Waals surface area contributed by atoms with Crippen LogP contribution >= 0.6 is 0 Å². The van der Waals surface area contributed by atoms with Crippen LogP contribution < -0.4 is 10.8 Å². The van der Waals surface area contributed by atoms with Crippen LogP contribution in [0.4, 0.5) is 0 Å². The Kier molecular flexibility index (Phi) is 4.21. The number of hydrogen-bond acceptors (Lipinski definition) is 2. The lowest BCUT2D eigenvalue weighted by Gasteiger charge is -2.14. The molecule has 0 saturated heterocycles. The average Bonchev–Trinajstić information content (AvgIpc) is 2.48. The number of hydrazine groups is 1. The van der Waals surface area contributed by atoms with Gasteiger partial charge in [-0.1, -0.05) is 48.5 Å². The Bertz CT molecular complexity index is 545. The van der Waals surface area contributed by atoms with Crippen LogP contribution in [-0.2, 0) is 6.42 Å². The van der Waals surface area contributed by atoms with E-state index in [0.717, 1.165) is 11.8 Å². The lowest BCUT2D eigenvalue weighted by Crippen LogP contribution is -2.43. The summed E-state index contributed by atoms with van der Waals surface area (Å²) in [5.74, 6) is -0.356. The summed E-state index contributed by atoms with van der Waals surface area (Å²) in [5.41, 5.74) is 5.36. The summed E-state index contributed by atoms with van der Waals surface area (Å²) < 4.78 is 7.78. The summed E-state index contributed by atoms with van der Waals surface area (Å²) in [7, 11) is 0. The minimum atomic E-state index is -0.356. The molecule has 19 heavy (non-hydrogen) atoms. The molecule has 1 atom stereocenters. The lowest BCUT2D eigenvalue weighted by molar-refractivity contribution is 0.0926. The molecule has 2 N–H and O–H groups in total. The van der Waals surface area contributed by atoms with Crippen molar-refractivity contribution in [1.82, 2.24) is 10.8 Å². The molecule has 0 fully saturated rings. The molecule has 2 rings (SSSR count). The Balaban J connectivity index is 1.91. The predicted molar refractivity (Wildman–Crippen MR) is 76.7 cm³/mol. The van der Waals surface area contributed by atoms with Gasteiger partial charge in [0.05, 0.1) is 0 Å². The number of nitrogens with one attached hydrogen (secondary N) is 2. The second-order valence-electron chi connectivity index (χ2n) is 4.50. The zero-order chi connectivity index (χ0) is 14.4. The second-order valence-corrected chi connectivity index (χ2v) is 4.50. The maximum Gasteiger partial charge on any atom is 0.265 e. The van der Waals surface area contributed by atoms with Crippen molar-refractivity contribution in [3.8, 4) is 0 Å². The molecule has 0 aliphatic carbocycles. The Hall–Kier alpha value is -2.13. The van der Waals surface area contributed by atoms with Crippen molar-refractivity contribution in [2.24, 2.45) is 0 Å². The van der Waals surface area contributed by atoms with E-state index in [9.17, 15) is 4.79 Å². The third kappa shape index (κ3) is 4.23. The standard InChI is InChI=1S/C16H18N2O/c1-13(12-14-8-4-2-5-9-14)17-18-16(19)15-10-6-3-7-11-15/h2-11,13,17H,12H2,1H3,(H,18,19)/i/hD. The SMILES string of the molecule is [2H]N(NC(C)Cc1ccccc1)C(=O)c1ccccc1. The Morgan fingerprint density at radius 1 is 1.11 bits per heavy atom. The van der Waals surface area contributed by atoms with E-state index < -0.39 is 0 Å². The average molecular weight is 255 g/mol. The normalized spacial score (nSPS) is 12.6. The van der Waals surface area contributed by atoms with Gasteiger partial charge in [-0.2, -0.15) is 0 Å². The number of benzene rings is 2. The van der Waals surface area contributed by atoms with Crippen molar-refractivity contribution < 1.29 is 6.21 Å². The van der Waals surface area contributed by atoms with Gasteiger partial charge in [0, 0.05) is 11.6 Å². The van der Waals surface area contributed by atoms with Gasteiger partial charge in [0.1, 0.15) is 0 Å². The van der Waals surface area contributed by atoms with Gasteiger partial charge in [0.2, 0.25) is 0 Å². The van der Waals surface area contributed by atoms with Gasteiger partial charge in [-0.25, -0.2) is 5.43 Å². The molecule has 2 aromatic carbocycles. The summed E-state index contributed by atoms with van der Waals surface area (Å²) >= 11 is 0. The fourth-order valence-electron chi connectivity index (χ4n) is 1.83. The molecule has 0 bridgehead atoms. The number of carbonyl (C=O) groups excluding carboxylic acids is 1. The molecular formula is C16H18N2O. The molecule has 0 spiro atoms. The predicted octanol–water partition coefficient (Wildman–Crippen LogP) is 2.55. The van der Waals surface area contributed by atoms with E-state index in [2.05, 4.69) is 5.43 Å². The molecule has 3 nitrogen and oxygen atoms in total. The van der Waals surface area contributed by atoms with E-state index in [0.29, 0.717) is 5.56 Å². The number of rotatable bonds is 5. The first kappa shape index (κ1) is 11.9. The van der Waals surface area contributed by atoms with Crippen LogP contribution in [-0.4, -0.2) is 11.9 Å². The molecule has 98 valence electrons. The first-order valence-corrected chi connectivity index (χ1v) is 6.35. The molecule has 0 aliphatic rings. The van der Waals surface area contributed by atoms with Gasteiger partial charge in [-0.3, -0.25) is 10.2 Å². The highest BCUT2D eigenvalue weighted by Crippen LogP contribution is 2.02. The lowest BCUT2D eigenvalue weighted by atomic mass is 10.1. The van der Waals surface area contributed by atoms with Crippen molar-refractivity contribution in [2.45, 2.75) is 19.4 Å². The van der Waals surface area contributed by atoms with E-state index in [1.54, 1.807) is 24.3 Å². The molecule has 0 heterocycles. The van der Waals surface area contributed by atoms with E-state index in [1.807, 2.05) is 43.3 Å². The second kappa shape index (κ2) is 6.71. The Morgan fingerprint density at radius 2 is 1.68 bits per heavy atom. The van der Waals surface area contributed by atoms with Crippen LogP contribution in [0.15, 0.2) is 60.7 Å². The highest BCUT2D eigenvalue weighted by Gasteiger charge is 2.06. The summed E-state index contributed by atoms with van der Waals surface area (Å²) in [5, 5.41) is 0. The molecule has 1 amide bonds. The quantitative estimate of drug-likeness (QED) is 0.806. The van der Waals surface area contributed by atoms with E-state index in [4.69, 9.17) is 1.41 Å². The van der Waals surface area contributed by atoms with Gasteiger partial charge in [0.25, 0.3) is 5.91 Å². The number of amides is 1. The third-order valence-electron chi connectivity index (χ3n) is 2.79. The minimum absolute atomic E-state index is 0.00237. The molecule has 0 aliphatic heterocycles. The van der Waals surface area contributed by atoms with Gasteiger partial charge < -0.3 is 0 Å². The molecule has 0 radical (unpaired) electrons. The van der Waals surface area contributed by atoms with E-state index >= 15 is 0 Å². The van der Waals surface area contributed by atoms with Crippen molar-refractivity contribution in [3.63, 3.8) is 0 Å². The Labute approximate surface area is 115 Å². The molecular weight excluding hydrogens is 236 g/mol. The summed E-state index contributed by atoms with van der Waals surface area (Å²) in [6, 6.07) is 18.8. The smallest absolute Gasteiger partial charge is 0.265 e. The van der Waals surface area contributed by atoms with E-state index in [-0.39, 0.29) is 11.9 Å². The Morgan fingerprint density at radius 3 is 2.32 bits per heavy atom. The van der Waals surface area contributed by atoms with Crippen molar-refractivity contribution >= 4 is 5.91 Å². The van der Waals surface area contributed by atoms with Crippen LogP contribution in [0, 0.1) is 0 Å². The highest BCUT2D eigenvalue weighted by molar-refractivity contribution is 5.93. The fourth-order valence-corrected chi connectivity index (χ4v) is 1.83. The fraction of sp³-hybridized carbons (Fsp3) is 0.188. The minimum Gasteiger partial charge on any atom is -0.287 e. The number of hydrogen-bond donors (Lipinski definition) is 2. The van der Waals surface area contributed by atoms with Gasteiger partial charge in [-0.15, -0.1) is 0 Å². The maximum atomic E-state index is 12.0. The highest BCUT2D eigenvalue weighted by atomic mass is 16.2. The monoisotopic (exact) mass is 255 g/mol. The molecule has 1 unspecified atom stereocenters. The molecule has 0 aromatic heterocycles. The van der Waals surface area contributed by atoms with Gasteiger partial charge in [-0.05, 0) is 31.0 Å². The van der Waals surface area contributed by atoms with Crippen LogP contribution in [0.5, 0.6) is 0 Å². The van der Waals surface area contributed by atoms with Gasteiger partial charge >= 0.3 is 0 Å². The summed E-state index contributed by atoms with van der Waals surface area (Å²) in [6.45, 7) is 1.95. The van der Waals surface area contributed by atoms with Crippen LogP contribution in [0.25, 0.3) is 0 Å². The van der Waals surface area contributed by atoms with Crippen molar-refractivity contribution in [2.75, 3.05) is 0 Å². The van der Waals surface area contributed by atoms with Crippen LogP contribution in [0.3, 0.4) is 0 Å². The first-order valence-electron chi connectivity index (χ1n) is 6.80. The zero-order valence-corrected chi connectivity index (χ0v) is 10.9. The maximum absolute atomic E-state index is 12.0. The summed E-state index contributed by atoms with van der Waals surface area (Å²) in [4.78, 5) is 12.0. The van der Waals surface area contributed by atoms with Gasteiger partial charge in [0.15, 0.2) is 1.41 Å². The van der Waals surface area contributed by atoms with Crippen LogP contribution in [0.1, 0.15) is 22.8 Å². The van der Waals surface area contributed by atoms with E-state index in [1.165, 1.54) is 5.56 Å².